The van der Waals surface area contributed by atoms with E-state index in [2.05, 4.69) is 9.97 Å². The summed E-state index contributed by atoms with van der Waals surface area (Å²) >= 11 is 0. The molecule has 0 saturated carbocycles. The largest absolute Gasteiger partial charge is 0.488 e. The van der Waals surface area contributed by atoms with Gasteiger partial charge in [0.15, 0.2) is 0 Å². The second-order valence-corrected chi connectivity index (χ2v) is 14.8. The highest BCUT2D eigenvalue weighted by atomic mass is 16.4. The van der Waals surface area contributed by atoms with Gasteiger partial charge in [0.05, 0.1) is 22.8 Å². The Labute approximate surface area is 345 Å². The minimum Gasteiger partial charge on any atom is -0.447 e. The van der Waals surface area contributed by atoms with E-state index in [0.717, 1.165) is 72.0 Å². The first kappa shape index (κ1) is 38.9. The van der Waals surface area contributed by atoms with Crippen molar-refractivity contribution in [2.45, 2.75) is 6.82 Å². The molecule has 9 rings (SSSR count). The number of nitrogens with zero attached hydrogens (tertiary/aromatic N) is 2. The molecule has 7 aromatic rings. The Morgan fingerprint density at radius 1 is 0.333 bits per heavy atom. The molecule has 4 aromatic carbocycles. The molecule has 9 N–H and O–H groups in total. The molecule has 0 amide bonds. The minimum atomic E-state index is -1.64. The fourth-order valence-corrected chi connectivity index (χ4v) is 7.81. The maximum Gasteiger partial charge on any atom is 0.488 e. The summed E-state index contributed by atoms with van der Waals surface area (Å²) in [6.07, 6.45) is 7.79. The average Bonchev–Trinajstić information content (AvgIpc) is 4.10. The van der Waals surface area contributed by atoms with Crippen molar-refractivity contribution < 1.29 is 35.2 Å². The lowest BCUT2D eigenvalue weighted by atomic mass is 9.64. The van der Waals surface area contributed by atoms with Crippen LogP contribution in [0.15, 0.2) is 121 Å². The van der Waals surface area contributed by atoms with E-state index in [1.807, 2.05) is 109 Å². The predicted octanol–water partition coefficient (Wildman–Crippen LogP) is 3.18. The average molecular weight is 788 g/mol. The molecule has 0 fully saturated rings. The molecular formula is C45H36B4N4O7. The topological polar surface area (TPSA) is 199 Å². The number of fused-ring (bicyclic) bond motifs is 8. The molecule has 0 atom stereocenters. The van der Waals surface area contributed by atoms with Crippen LogP contribution >= 0.6 is 0 Å². The van der Waals surface area contributed by atoms with Crippen LogP contribution in [0, 0.1) is 0 Å². The molecule has 0 radical (unpaired) electrons. The molecule has 0 saturated heterocycles. The molecule has 2 aliphatic rings. The van der Waals surface area contributed by atoms with Crippen molar-refractivity contribution in [1.29, 1.82) is 0 Å². The Hall–Kier alpha value is -6.54. The second-order valence-electron chi connectivity index (χ2n) is 14.8. The van der Waals surface area contributed by atoms with Gasteiger partial charge in [-0.1, -0.05) is 104 Å². The van der Waals surface area contributed by atoms with Gasteiger partial charge in [-0.15, -0.1) is 0 Å². The van der Waals surface area contributed by atoms with E-state index in [4.69, 9.17) is 9.97 Å². The van der Waals surface area contributed by atoms with Gasteiger partial charge in [-0.3, -0.25) is 0 Å². The summed E-state index contributed by atoms with van der Waals surface area (Å²) in [5.74, 6) is 0. The van der Waals surface area contributed by atoms with Gasteiger partial charge < -0.3 is 45.1 Å². The number of rotatable bonds is 8. The zero-order chi connectivity index (χ0) is 41.7. The Kier molecular flexibility index (Phi) is 10.3. The zero-order valence-electron chi connectivity index (χ0n) is 32.2. The normalized spacial score (nSPS) is 11.9. The molecule has 60 heavy (non-hydrogen) atoms. The van der Waals surface area contributed by atoms with Crippen molar-refractivity contribution in [2.75, 3.05) is 0 Å². The molecule has 15 heteroatoms. The van der Waals surface area contributed by atoms with Crippen LogP contribution in [0.1, 0.15) is 22.8 Å². The number of aromatic amines is 2. The zero-order valence-corrected chi connectivity index (χ0v) is 32.2. The van der Waals surface area contributed by atoms with Crippen LogP contribution in [-0.4, -0.2) is 83.4 Å². The highest BCUT2D eigenvalue weighted by molar-refractivity contribution is 6.64. The first-order valence-electron chi connectivity index (χ1n) is 19.4. The van der Waals surface area contributed by atoms with E-state index >= 15 is 0 Å². The standard InChI is InChI=1S/C45H36B4N4O7/c1-46(54)30-10-2-26(3-11-30)42-34-18-20-36(50-34)43(27-4-12-31(13-5-27)47(55)56)38-22-24-40(52-38)45(29-8-16-33(17-9-29)49(59)60)41-25-23-39(53-41)44(37-21-19-35(42)51-37)28-6-14-32(15-7-28)48(57)58/h2-25,50,53-60H,1H3. The Balaban J connectivity index is 1.42. The fraction of sp³-hybridized carbons (Fsp3) is 0.0222. The molecule has 3 aromatic heterocycles. The van der Waals surface area contributed by atoms with Crippen molar-refractivity contribution >= 4 is 96.5 Å². The number of H-pyrrole nitrogens is 2. The predicted molar refractivity (Wildman–Crippen MR) is 244 cm³/mol. The van der Waals surface area contributed by atoms with Crippen LogP contribution in [0.3, 0.4) is 0 Å². The van der Waals surface area contributed by atoms with Gasteiger partial charge in [-0.25, -0.2) is 9.97 Å². The summed E-state index contributed by atoms with van der Waals surface area (Å²) in [6.45, 7) is 1.08. The molecule has 11 nitrogen and oxygen atoms in total. The van der Waals surface area contributed by atoms with Crippen molar-refractivity contribution in [3.05, 3.63) is 144 Å². The van der Waals surface area contributed by atoms with E-state index in [1.54, 1.807) is 43.2 Å². The van der Waals surface area contributed by atoms with Gasteiger partial charge in [0.2, 0.25) is 0 Å². The van der Waals surface area contributed by atoms with Gasteiger partial charge in [-0.2, -0.15) is 0 Å². The van der Waals surface area contributed by atoms with Crippen LogP contribution in [0.25, 0.3) is 90.9 Å². The molecule has 0 unspecified atom stereocenters. The fourth-order valence-electron chi connectivity index (χ4n) is 7.81. The molecule has 5 heterocycles. The monoisotopic (exact) mass is 788 g/mol. The first-order chi connectivity index (χ1) is 29.0. The Morgan fingerprint density at radius 3 is 0.783 bits per heavy atom. The third kappa shape index (κ3) is 7.36. The van der Waals surface area contributed by atoms with Crippen LogP contribution in [-0.2, 0) is 0 Å². The number of aromatic nitrogens is 4. The van der Waals surface area contributed by atoms with E-state index in [1.165, 1.54) is 0 Å². The lowest BCUT2D eigenvalue weighted by Gasteiger charge is -2.08. The SMILES string of the molecule is CB(O)c1ccc(-c2c3nc(c(-c4ccc(B(O)O)cc4)c4ccc([nH]4)c(-c4ccc(B(O)O)cc4)c4nc(c(-c5ccc(B(O)O)cc5)c5ccc2[nH]5)C=C4)C=C3)cc1. The Morgan fingerprint density at radius 2 is 0.567 bits per heavy atom. The molecule has 0 aliphatic carbocycles. The Bertz CT molecular complexity index is 2580. The van der Waals surface area contributed by atoms with Crippen LogP contribution in [0.2, 0.25) is 6.82 Å². The second kappa shape index (κ2) is 15.9. The number of hydrogen-bond donors (Lipinski definition) is 9. The van der Waals surface area contributed by atoms with Crippen LogP contribution in [0.4, 0.5) is 0 Å². The smallest absolute Gasteiger partial charge is 0.447 e. The van der Waals surface area contributed by atoms with Crippen LogP contribution < -0.4 is 21.9 Å². The van der Waals surface area contributed by atoms with Crippen molar-refractivity contribution in [3.63, 3.8) is 0 Å². The highest BCUT2D eigenvalue weighted by Gasteiger charge is 2.21. The lowest BCUT2D eigenvalue weighted by Crippen LogP contribution is -2.29. The highest BCUT2D eigenvalue weighted by Crippen LogP contribution is 2.38. The molecule has 0 spiro atoms. The maximum absolute atomic E-state index is 10.3. The summed E-state index contributed by atoms with van der Waals surface area (Å²) in [4.78, 5) is 17.8. The van der Waals surface area contributed by atoms with Crippen molar-refractivity contribution in [3.8, 4) is 44.5 Å². The molecule has 2 aliphatic heterocycles. The van der Waals surface area contributed by atoms with E-state index in [-0.39, 0.29) is 0 Å². The molecular weight excluding hydrogens is 752 g/mol. The van der Waals surface area contributed by atoms with E-state index in [0.29, 0.717) is 39.2 Å². The molecule has 8 bridgehead atoms. The van der Waals surface area contributed by atoms with E-state index < -0.39 is 28.3 Å². The van der Waals surface area contributed by atoms with Gasteiger partial charge in [0, 0.05) is 44.3 Å². The number of nitrogens with one attached hydrogen (secondary N) is 2. The molecule has 290 valence electrons. The summed E-state index contributed by atoms with van der Waals surface area (Å²) in [5, 5.41) is 69.7. The van der Waals surface area contributed by atoms with Crippen LogP contribution in [0.5, 0.6) is 0 Å². The number of hydrogen-bond acceptors (Lipinski definition) is 9. The van der Waals surface area contributed by atoms with Gasteiger partial charge in [0.1, 0.15) is 0 Å². The van der Waals surface area contributed by atoms with Gasteiger partial charge in [0.25, 0.3) is 0 Å². The maximum atomic E-state index is 10.3. The lowest BCUT2D eigenvalue weighted by molar-refractivity contribution is 0.424. The first-order valence-corrected chi connectivity index (χ1v) is 19.4. The third-order valence-corrected chi connectivity index (χ3v) is 10.9. The third-order valence-electron chi connectivity index (χ3n) is 10.9. The van der Waals surface area contributed by atoms with Gasteiger partial charge >= 0.3 is 28.3 Å². The quantitative estimate of drug-likeness (QED) is 0.104. The summed E-state index contributed by atoms with van der Waals surface area (Å²) in [5.41, 5.74) is 13.6. The summed E-state index contributed by atoms with van der Waals surface area (Å²) in [6, 6.07) is 36.5. The number of benzene rings is 4. The minimum absolute atomic E-state index is 0.339. The van der Waals surface area contributed by atoms with Crippen molar-refractivity contribution in [2.24, 2.45) is 0 Å². The van der Waals surface area contributed by atoms with Crippen molar-refractivity contribution in [1.82, 2.24) is 19.9 Å². The van der Waals surface area contributed by atoms with Gasteiger partial charge in [-0.05, 0) is 92.7 Å². The summed E-state index contributed by atoms with van der Waals surface area (Å²) < 4.78 is 0. The van der Waals surface area contributed by atoms with E-state index in [9.17, 15) is 35.2 Å². The summed E-state index contributed by atoms with van der Waals surface area (Å²) in [7, 11) is -4.90.